The van der Waals surface area contributed by atoms with Gasteiger partial charge in [-0.2, -0.15) is 5.10 Å². The summed E-state index contributed by atoms with van der Waals surface area (Å²) >= 11 is 0. The van der Waals surface area contributed by atoms with E-state index in [1.165, 1.54) is 18.5 Å². The Labute approximate surface area is 308 Å². The molecular formula is C35H37N7O13. The number of para-hydroxylation sites is 2. The van der Waals surface area contributed by atoms with Crippen LogP contribution in [-0.2, 0) is 29.6 Å². The quantitative estimate of drug-likeness (QED) is 0.0926. The van der Waals surface area contributed by atoms with Crippen molar-refractivity contribution in [1.82, 2.24) is 33.2 Å². The first kappa shape index (κ1) is 37.7. The molecule has 0 bridgehead atoms. The molecule has 2 aromatic carbocycles. The third kappa shape index (κ3) is 6.85. The maximum absolute atomic E-state index is 12.9. The van der Waals surface area contributed by atoms with Crippen molar-refractivity contribution in [2.75, 3.05) is 13.2 Å². The van der Waals surface area contributed by atoms with Gasteiger partial charge < -0.3 is 44.6 Å². The molecule has 2 fully saturated rings. The zero-order valence-electron chi connectivity index (χ0n) is 29.0. The van der Waals surface area contributed by atoms with E-state index in [1.807, 2.05) is 24.3 Å². The van der Waals surface area contributed by atoms with Gasteiger partial charge in [-0.3, -0.25) is 32.5 Å². The van der Waals surface area contributed by atoms with Gasteiger partial charge >= 0.3 is 11.4 Å². The van der Waals surface area contributed by atoms with Crippen molar-refractivity contribution in [2.24, 2.45) is 7.05 Å². The lowest BCUT2D eigenvalue weighted by molar-refractivity contribution is -0.0555. The molecule has 6 aromatic rings. The Morgan fingerprint density at radius 1 is 0.636 bits per heavy atom. The van der Waals surface area contributed by atoms with Crippen LogP contribution in [-0.4, -0.2) is 114 Å². The number of hydrogen-bond acceptors (Lipinski definition) is 15. The third-order valence-electron chi connectivity index (χ3n) is 9.68. The zero-order chi connectivity index (χ0) is 39.1. The van der Waals surface area contributed by atoms with E-state index in [2.05, 4.69) is 10.3 Å². The molecule has 0 radical (unpaired) electrons. The molecule has 20 heteroatoms. The van der Waals surface area contributed by atoms with Gasteiger partial charge in [0.25, 0.3) is 11.1 Å². The SMILES string of the molecule is Cn1nc(Cn2c(=O)ccn([C@@H]3O[C@H](CO)[C@H](O)C3O)c2=O)c2ccccc21.O=c1ccn([C@@H]2O[C@H](CO)[C@H](O)C2O)c(=O)n1Cc1noc2ccccc12. The molecule has 8 atom stereocenters. The van der Waals surface area contributed by atoms with Crippen molar-refractivity contribution in [3.63, 3.8) is 0 Å². The summed E-state index contributed by atoms with van der Waals surface area (Å²) in [5, 5.41) is 68.4. The summed E-state index contributed by atoms with van der Waals surface area (Å²) in [6.45, 7) is -1.23. The van der Waals surface area contributed by atoms with E-state index in [-0.39, 0.29) is 13.1 Å². The molecule has 290 valence electrons. The number of rotatable bonds is 8. The van der Waals surface area contributed by atoms with Crippen LogP contribution in [0.1, 0.15) is 23.8 Å². The van der Waals surface area contributed by atoms with Crippen LogP contribution in [0.15, 0.2) is 96.8 Å². The van der Waals surface area contributed by atoms with Crippen LogP contribution in [0.2, 0.25) is 0 Å². The summed E-state index contributed by atoms with van der Waals surface area (Å²) in [5.74, 6) is 0. The zero-order valence-corrected chi connectivity index (χ0v) is 29.0. The number of ether oxygens (including phenoxy) is 2. The predicted molar refractivity (Wildman–Crippen MR) is 189 cm³/mol. The minimum atomic E-state index is -1.43. The average molecular weight is 764 g/mol. The number of benzene rings is 2. The predicted octanol–water partition coefficient (Wildman–Crippen LogP) is -2.63. The fourth-order valence-electron chi connectivity index (χ4n) is 6.72. The van der Waals surface area contributed by atoms with Crippen LogP contribution < -0.4 is 22.5 Å². The second kappa shape index (κ2) is 15.3. The number of aromatic nitrogens is 7. The normalized spacial score (nSPS) is 25.1. The minimum Gasteiger partial charge on any atom is -0.394 e. The highest BCUT2D eigenvalue weighted by Gasteiger charge is 2.45. The highest BCUT2D eigenvalue weighted by atomic mass is 16.6. The van der Waals surface area contributed by atoms with E-state index < -0.39 is 84.8 Å². The van der Waals surface area contributed by atoms with E-state index in [0.29, 0.717) is 22.4 Å². The molecule has 6 heterocycles. The maximum atomic E-state index is 12.9. The summed E-state index contributed by atoms with van der Waals surface area (Å²) in [4.78, 5) is 50.3. The topological polar surface area (TPSA) is 272 Å². The first-order chi connectivity index (χ1) is 26.4. The molecule has 0 spiro atoms. The summed E-state index contributed by atoms with van der Waals surface area (Å²) in [7, 11) is 1.77. The van der Waals surface area contributed by atoms with E-state index in [1.54, 1.807) is 36.0 Å². The van der Waals surface area contributed by atoms with E-state index in [4.69, 9.17) is 14.0 Å². The largest absolute Gasteiger partial charge is 0.394 e. The number of aryl methyl sites for hydroxylation is 1. The lowest BCUT2D eigenvalue weighted by Gasteiger charge is -2.18. The Morgan fingerprint density at radius 2 is 1.13 bits per heavy atom. The highest BCUT2D eigenvalue weighted by Crippen LogP contribution is 2.29. The third-order valence-corrected chi connectivity index (χ3v) is 9.68. The monoisotopic (exact) mass is 763 g/mol. The van der Waals surface area contributed by atoms with Crippen LogP contribution in [0.3, 0.4) is 0 Å². The molecule has 2 unspecified atom stereocenters. The van der Waals surface area contributed by atoms with E-state index in [0.717, 1.165) is 35.2 Å². The number of aliphatic hydroxyl groups is 6. The van der Waals surface area contributed by atoms with Gasteiger partial charge in [0.2, 0.25) is 0 Å². The lowest BCUT2D eigenvalue weighted by atomic mass is 10.1. The van der Waals surface area contributed by atoms with Crippen molar-refractivity contribution >= 4 is 21.9 Å². The van der Waals surface area contributed by atoms with Gasteiger partial charge in [0.15, 0.2) is 18.0 Å². The van der Waals surface area contributed by atoms with Gasteiger partial charge in [-0.1, -0.05) is 35.5 Å². The molecule has 8 rings (SSSR count). The number of fused-ring (bicyclic) bond motifs is 2. The smallest absolute Gasteiger partial charge is 0.333 e. The van der Waals surface area contributed by atoms with Crippen molar-refractivity contribution < 1.29 is 44.6 Å². The van der Waals surface area contributed by atoms with Crippen molar-refractivity contribution in [3.8, 4) is 0 Å². The number of aliphatic hydroxyl groups excluding tert-OH is 6. The van der Waals surface area contributed by atoms with Gasteiger partial charge in [-0.15, -0.1) is 0 Å². The molecule has 2 saturated heterocycles. The molecule has 0 amide bonds. The summed E-state index contributed by atoms with van der Waals surface area (Å²) in [5.41, 5.74) is -0.190. The van der Waals surface area contributed by atoms with Gasteiger partial charge in [0.1, 0.15) is 42.3 Å². The molecule has 6 N–H and O–H groups in total. The molecule has 4 aromatic heterocycles. The Hall–Kier alpha value is -5.58. The molecule has 0 aliphatic carbocycles. The Bertz CT molecular complexity index is 2570. The standard InChI is InChI=1S/C18H20N4O6.C17H17N3O7/c1-20-12-5-3-2-4-10(12)11(19-20)8-22-14(24)6-7-21(18(22)27)17-16(26)15(25)13(9-23)28-17;21-8-12-14(23)15(24)16(26-12)19-6-5-13(22)20(17(19)25)7-10-9-3-1-2-4-11(9)27-18-10/h2-7,13,15-17,23,25-26H,8-9H2,1H3;1-6,12,14-16,21,23-24H,7-8H2/t13-,15+,16?,17-;12-,14+,15?,16-/m11/s1. The van der Waals surface area contributed by atoms with Gasteiger partial charge in [0.05, 0.1) is 37.5 Å². The molecule has 0 saturated carbocycles. The van der Waals surface area contributed by atoms with Gasteiger partial charge in [-0.25, -0.2) is 9.59 Å². The average Bonchev–Trinajstić information content (AvgIpc) is 3.91. The first-order valence-corrected chi connectivity index (χ1v) is 17.1. The summed E-state index contributed by atoms with van der Waals surface area (Å²) in [6.07, 6.45) is -7.66. The van der Waals surface area contributed by atoms with Gasteiger partial charge in [0, 0.05) is 42.3 Å². The second-order valence-electron chi connectivity index (χ2n) is 13.0. The van der Waals surface area contributed by atoms with Crippen LogP contribution in [0.4, 0.5) is 0 Å². The number of hydrogen-bond donors (Lipinski definition) is 6. The van der Waals surface area contributed by atoms with Crippen molar-refractivity contribution in [3.05, 3.63) is 126 Å². The van der Waals surface area contributed by atoms with Crippen LogP contribution in [0, 0.1) is 0 Å². The summed E-state index contributed by atoms with van der Waals surface area (Å²) < 4.78 is 21.6. The van der Waals surface area contributed by atoms with Crippen molar-refractivity contribution in [2.45, 2.75) is 62.2 Å². The molecule has 55 heavy (non-hydrogen) atoms. The Kier molecular flexibility index (Phi) is 10.5. The molecule has 2 aliphatic heterocycles. The Balaban J connectivity index is 0.000000169. The van der Waals surface area contributed by atoms with Crippen LogP contribution >= 0.6 is 0 Å². The lowest BCUT2D eigenvalue weighted by Crippen LogP contribution is -2.43. The minimum absolute atomic E-state index is 0.0609. The Morgan fingerprint density at radius 3 is 1.65 bits per heavy atom. The summed E-state index contributed by atoms with van der Waals surface area (Å²) in [6, 6.07) is 16.8. The van der Waals surface area contributed by atoms with Crippen molar-refractivity contribution in [1.29, 1.82) is 0 Å². The van der Waals surface area contributed by atoms with Crippen LogP contribution in [0.5, 0.6) is 0 Å². The van der Waals surface area contributed by atoms with E-state index in [9.17, 15) is 49.8 Å². The molecule has 2 aliphatic rings. The first-order valence-electron chi connectivity index (χ1n) is 17.1. The van der Waals surface area contributed by atoms with E-state index >= 15 is 0 Å². The number of nitrogens with zero attached hydrogens (tertiary/aromatic N) is 7. The van der Waals surface area contributed by atoms with Crippen LogP contribution in [0.25, 0.3) is 21.9 Å². The second-order valence-corrected chi connectivity index (χ2v) is 13.0. The molecular weight excluding hydrogens is 726 g/mol. The fourth-order valence-corrected chi connectivity index (χ4v) is 6.72. The highest BCUT2D eigenvalue weighted by molar-refractivity contribution is 5.82. The molecule has 20 nitrogen and oxygen atoms in total. The maximum Gasteiger partial charge on any atom is 0.333 e. The fraction of sp³-hybridized carbons (Fsp3) is 0.371. The van der Waals surface area contributed by atoms with Gasteiger partial charge in [-0.05, 0) is 18.2 Å².